The highest BCUT2D eigenvalue weighted by atomic mass is 32.1. The summed E-state index contributed by atoms with van der Waals surface area (Å²) in [6.45, 7) is 2.17. The number of thiophene rings is 1. The molecule has 0 aliphatic rings. The van der Waals surface area contributed by atoms with Gasteiger partial charge in [0.25, 0.3) is 0 Å². The zero-order valence-corrected chi connectivity index (χ0v) is 6.69. The Kier molecular flexibility index (Phi) is 2.52. The molecule has 0 aliphatic heterocycles. The average Bonchev–Trinajstić information content (AvgIpc) is 2.34. The molecular formula is C7H9BOS. The van der Waals surface area contributed by atoms with Gasteiger partial charge < -0.3 is 5.11 Å². The Morgan fingerprint density at radius 3 is 2.90 bits per heavy atom. The van der Waals surface area contributed by atoms with Crippen LogP contribution in [0.3, 0.4) is 0 Å². The standard InChI is InChI=1S/C7H9BOS/c1-5(3-9)7-2-6(8)4-10-7/h2,4-5,9H,3H2,1H3. The van der Waals surface area contributed by atoms with Gasteiger partial charge in [-0.3, -0.25) is 0 Å². The Bertz CT molecular complexity index is 209. The first-order valence-corrected chi connectivity index (χ1v) is 4.06. The molecule has 52 valence electrons. The zero-order chi connectivity index (χ0) is 7.56. The highest BCUT2D eigenvalue weighted by molar-refractivity contribution is 7.11. The molecule has 1 atom stereocenters. The number of hydrogen-bond donors (Lipinski definition) is 1. The van der Waals surface area contributed by atoms with Crippen LogP contribution in [0.15, 0.2) is 11.4 Å². The molecule has 0 aliphatic carbocycles. The van der Waals surface area contributed by atoms with Gasteiger partial charge in [-0.05, 0) is 5.38 Å². The van der Waals surface area contributed by atoms with Crippen molar-refractivity contribution in [1.82, 2.24) is 0 Å². The molecule has 1 aromatic heterocycles. The maximum Gasteiger partial charge on any atom is 0.114 e. The van der Waals surface area contributed by atoms with Crippen LogP contribution >= 0.6 is 11.3 Å². The van der Waals surface area contributed by atoms with Gasteiger partial charge in [0.05, 0.1) is 6.61 Å². The van der Waals surface area contributed by atoms with Crippen LogP contribution in [0, 0.1) is 0 Å². The fraction of sp³-hybridized carbons (Fsp3) is 0.429. The second-order valence-corrected chi connectivity index (χ2v) is 3.31. The second-order valence-electron chi connectivity index (χ2n) is 2.37. The summed E-state index contributed by atoms with van der Waals surface area (Å²) < 4.78 is 0. The van der Waals surface area contributed by atoms with Crippen molar-refractivity contribution in [2.45, 2.75) is 12.8 Å². The van der Waals surface area contributed by atoms with Gasteiger partial charge in [0.1, 0.15) is 7.85 Å². The minimum Gasteiger partial charge on any atom is -0.396 e. The second kappa shape index (κ2) is 3.22. The van der Waals surface area contributed by atoms with Gasteiger partial charge in [-0.25, -0.2) is 0 Å². The molecule has 2 radical (unpaired) electrons. The normalized spacial score (nSPS) is 13.4. The fourth-order valence-corrected chi connectivity index (χ4v) is 1.57. The highest BCUT2D eigenvalue weighted by Gasteiger charge is 2.04. The molecule has 1 nitrogen and oxygen atoms in total. The molecular weight excluding hydrogens is 143 g/mol. The van der Waals surface area contributed by atoms with Crippen LogP contribution in [0.2, 0.25) is 0 Å². The van der Waals surface area contributed by atoms with Crippen LogP contribution in [-0.2, 0) is 0 Å². The molecule has 0 fully saturated rings. The summed E-state index contributed by atoms with van der Waals surface area (Å²) in [4.78, 5) is 1.15. The van der Waals surface area contributed by atoms with E-state index in [4.69, 9.17) is 13.0 Å². The van der Waals surface area contributed by atoms with Crippen molar-refractivity contribution in [3.05, 3.63) is 16.3 Å². The fourth-order valence-electron chi connectivity index (χ4n) is 0.717. The SMILES string of the molecule is [B]c1csc(C(C)CO)c1. The third-order valence-electron chi connectivity index (χ3n) is 1.40. The first-order valence-electron chi connectivity index (χ1n) is 3.19. The molecule has 3 heteroatoms. The van der Waals surface area contributed by atoms with E-state index in [0.717, 1.165) is 10.3 Å². The molecule has 0 saturated heterocycles. The van der Waals surface area contributed by atoms with Crippen LogP contribution in [0.25, 0.3) is 0 Å². The monoisotopic (exact) mass is 152 g/mol. The summed E-state index contributed by atoms with van der Waals surface area (Å²) in [5.74, 6) is 0.224. The maximum absolute atomic E-state index is 8.76. The topological polar surface area (TPSA) is 20.2 Å². The summed E-state index contributed by atoms with van der Waals surface area (Å²) in [5.41, 5.74) is 0.792. The maximum atomic E-state index is 8.76. The Balaban J connectivity index is 2.74. The largest absolute Gasteiger partial charge is 0.396 e. The van der Waals surface area contributed by atoms with Crippen LogP contribution < -0.4 is 5.46 Å². The average molecular weight is 152 g/mol. The van der Waals surface area contributed by atoms with Crippen LogP contribution in [0.5, 0.6) is 0 Å². The van der Waals surface area contributed by atoms with Crippen molar-refractivity contribution in [3.63, 3.8) is 0 Å². The van der Waals surface area contributed by atoms with Gasteiger partial charge in [0.15, 0.2) is 0 Å². The number of hydrogen-bond acceptors (Lipinski definition) is 2. The molecule has 1 aromatic rings. The third kappa shape index (κ3) is 1.61. The Morgan fingerprint density at radius 2 is 2.50 bits per heavy atom. The van der Waals surface area contributed by atoms with Gasteiger partial charge in [-0.1, -0.05) is 18.5 Å². The molecule has 0 spiro atoms. The van der Waals surface area contributed by atoms with Gasteiger partial charge in [0, 0.05) is 10.8 Å². The van der Waals surface area contributed by atoms with E-state index >= 15 is 0 Å². The van der Waals surface area contributed by atoms with E-state index in [2.05, 4.69) is 0 Å². The van der Waals surface area contributed by atoms with Crippen LogP contribution in [0.4, 0.5) is 0 Å². The predicted octanol–water partition coefficient (Wildman–Crippen LogP) is 0.638. The van der Waals surface area contributed by atoms with Crippen molar-refractivity contribution in [1.29, 1.82) is 0 Å². The molecule has 0 amide bonds. The van der Waals surface area contributed by atoms with Gasteiger partial charge in [-0.15, -0.1) is 11.3 Å². The molecule has 1 heterocycles. The molecule has 1 N–H and O–H groups in total. The molecule has 1 rings (SSSR count). The smallest absolute Gasteiger partial charge is 0.114 e. The summed E-state index contributed by atoms with van der Waals surface area (Å²) >= 11 is 1.60. The van der Waals surface area contributed by atoms with Crippen molar-refractivity contribution in [2.75, 3.05) is 6.61 Å². The van der Waals surface area contributed by atoms with Crippen LogP contribution in [-0.4, -0.2) is 19.6 Å². The Hall–Kier alpha value is -0.275. The van der Waals surface area contributed by atoms with E-state index in [9.17, 15) is 0 Å². The molecule has 0 saturated carbocycles. The molecule has 1 unspecified atom stereocenters. The van der Waals surface area contributed by atoms with Crippen LogP contribution in [0.1, 0.15) is 17.7 Å². The summed E-state index contributed by atoms with van der Waals surface area (Å²) in [6.07, 6.45) is 0. The zero-order valence-electron chi connectivity index (χ0n) is 5.87. The number of aliphatic hydroxyl groups excluding tert-OH is 1. The first-order chi connectivity index (χ1) is 4.74. The molecule has 10 heavy (non-hydrogen) atoms. The minimum atomic E-state index is 0.194. The summed E-state index contributed by atoms with van der Waals surface area (Å²) in [5, 5.41) is 10.7. The van der Waals surface area contributed by atoms with E-state index in [0.29, 0.717) is 0 Å². The van der Waals surface area contributed by atoms with Gasteiger partial charge in [0.2, 0.25) is 0 Å². The van der Waals surface area contributed by atoms with Gasteiger partial charge in [-0.2, -0.15) is 0 Å². The van der Waals surface area contributed by atoms with E-state index in [1.807, 2.05) is 18.4 Å². The lowest BCUT2D eigenvalue weighted by Gasteiger charge is -2.01. The predicted molar refractivity (Wildman–Crippen MR) is 45.2 cm³/mol. The van der Waals surface area contributed by atoms with E-state index in [-0.39, 0.29) is 12.5 Å². The lowest BCUT2D eigenvalue weighted by Crippen LogP contribution is -1.98. The van der Waals surface area contributed by atoms with Crippen molar-refractivity contribution in [3.8, 4) is 0 Å². The summed E-state index contributed by atoms with van der Waals surface area (Å²) in [6, 6.07) is 1.91. The summed E-state index contributed by atoms with van der Waals surface area (Å²) in [7, 11) is 5.50. The third-order valence-corrected chi connectivity index (χ3v) is 2.58. The Morgan fingerprint density at radius 1 is 1.80 bits per heavy atom. The number of aliphatic hydroxyl groups is 1. The lowest BCUT2D eigenvalue weighted by atomic mass is 9.99. The van der Waals surface area contributed by atoms with E-state index < -0.39 is 0 Å². The van der Waals surface area contributed by atoms with Crippen molar-refractivity contribution >= 4 is 24.6 Å². The highest BCUT2D eigenvalue weighted by Crippen LogP contribution is 2.17. The van der Waals surface area contributed by atoms with E-state index in [1.165, 1.54) is 0 Å². The first kappa shape index (κ1) is 7.83. The minimum absolute atomic E-state index is 0.194. The van der Waals surface area contributed by atoms with Crippen molar-refractivity contribution < 1.29 is 5.11 Å². The molecule has 0 aromatic carbocycles. The molecule has 0 bridgehead atoms. The van der Waals surface area contributed by atoms with E-state index in [1.54, 1.807) is 11.3 Å². The van der Waals surface area contributed by atoms with Gasteiger partial charge >= 0.3 is 0 Å². The Labute approximate surface area is 66.1 Å². The lowest BCUT2D eigenvalue weighted by molar-refractivity contribution is 0.274. The number of rotatable bonds is 2. The quantitative estimate of drug-likeness (QED) is 0.616. The van der Waals surface area contributed by atoms with Crippen molar-refractivity contribution in [2.24, 2.45) is 0 Å².